The zero-order valence-corrected chi connectivity index (χ0v) is 24.0. The first kappa shape index (κ1) is 30.0. The molecule has 1 fully saturated rings. The maximum absolute atomic E-state index is 13.0. The molecule has 0 radical (unpaired) electrons. The maximum Gasteiger partial charge on any atom is 0.407 e. The Hall–Kier alpha value is -5.45. The van der Waals surface area contributed by atoms with Gasteiger partial charge in [-0.15, -0.1) is 0 Å². The summed E-state index contributed by atoms with van der Waals surface area (Å²) in [5, 5.41) is 29.1. The average molecular weight is 617 g/mol. The number of pyridine rings is 1. The van der Waals surface area contributed by atoms with Crippen molar-refractivity contribution in [3.8, 4) is 34.2 Å². The van der Waals surface area contributed by atoms with Gasteiger partial charge < -0.3 is 29.7 Å². The zero-order chi connectivity index (χ0) is 31.2. The number of carboxylic acid groups (broad SMARTS) is 1. The fourth-order valence-corrected chi connectivity index (χ4v) is 4.99. The number of halogens is 1. The van der Waals surface area contributed by atoms with Crippen LogP contribution < -0.4 is 15.4 Å². The van der Waals surface area contributed by atoms with Gasteiger partial charge in [-0.1, -0.05) is 28.9 Å². The molecule has 2 aromatic heterocycles. The molecular formula is C30H25ClN6O7. The summed E-state index contributed by atoms with van der Waals surface area (Å²) in [7, 11) is 1.47. The van der Waals surface area contributed by atoms with Gasteiger partial charge in [-0.2, -0.15) is 5.26 Å². The van der Waals surface area contributed by atoms with Gasteiger partial charge in [0.05, 0.1) is 11.9 Å². The van der Waals surface area contributed by atoms with Crippen molar-refractivity contribution in [3.05, 3.63) is 77.1 Å². The van der Waals surface area contributed by atoms with E-state index < -0.39 is 23.9 Å². The monoisotopic (exact) mass is 616 g/mol. The second-order valence-electron chi connectivity index (χ2n) is 9.62. The van der Waals surface area contributed by atoms with Crippen molar-refractivity contribution >= 4 is 41.0 Å². The number of nitrogens with one attached hydrogen (secondary N) is 2. The minimum Gasteiger partial charge on any atom is -0.467 e. The number of rotatable bonds is 9. The molecule has 1 saturated heterocycles. The molecule has 44 heavy (non-hydrogen) atoms. The molecule has 2 aromatic carbocycles. The number of carbonyl (C=O) groups excluding carboxylic acids is 2. The van der Waals surface area contributed by atoms with Crippen LogP contribution in [0, 0.1) is 11.3 Å². The molecule has 5 rings (SSSR count). The van der Waals surface area contributed by atoms with Crippen molar-refractivity contribution in [2.75, 3.05) is 31.1 Å². The van der Waals surface area contributed by atoms with Gasteiger partial charge in [-0.3, -0.25) is 14.5 Å². The fourth-order valence-electron chi connectivity index (χ4n) is 4.82. The topological polar surface area (TPSA) is 180 Å². The summed E-state index contributed by atoms with van der Waals surface area (Å²) >= 11 is 6.22. The molecule has 3 heterocycles. The van der Waals surface area contributed by atoms with E-state index in [2.05, 4.69) is 26.8 Å². The number of hydrogen-bond donors (Lipinski definition) is 3. The lowest BCUT2D eigenvalue weighted by molar-refractivity contribution is -0.119. The summed E-state index contributed by atoms with van der Waals surface area (Å²) in [6.07, 6.45) is 1.14. The third-order valence-corrected chi connectivity index (χ3v) is 7.05. The van der Waals surface area contributed by atoms with E-state index >= 15 is 0 Å². The zero-order valence-electron chi connectivity index (χ0n) is 23.2. The van der Waals surface area contributed by atoms with Crippen molar-refractivity contribution < 1.29 is 33.5 Å². The van der Waals surface area contributed by atoms with E-state index in [1.165, 1.54) is 19.4 Å². The third-order valence-electron chi connectivity index (χ3n) is 6.82. The minimum absolute atomic E-state index is 0.0336. The second kappa shape index (κ2) is 13.2. The summed E-state index contributed by atoms with van der Waals surface area (Å²) in [5.74, 6) is -0.950. The number of benzene rings is 2. The van der Waals surface area contributed by atoms with Gasteiger partial charge >= 0.3 is 6.09 Å². The van der Waals surface area contributed by atoms with Gasteiger partial charge in [-0.25, -0.2) is 9.78 Å². The number of hydrogen-bond acceptors (Lipinski definition) is 9. The molecule has 1 atom stereocenters. The molecule has 1 aliphatic heterocycles. The third kappa shape index (κ3) is 6.46. The van der Waals surface area contributed by atoms with Crippen LogP contribution in [0.5, 0.6) is 5.75 Å². The lowest BCUT2D eigenvalue weighted by Crippen LogP contribution is -2.42. The maximum atomic E-state index is 13.0. The molecule has 13 nitrogen and oxygen atoms in total. The Morgan fingerprint density at radius 3 is 2.73 bits per heavy atom. The van der Waals surface area contributed by atoms with E-state index in [4.69, 9.17) is 25.6 Å². The van der Waals surface area contributed by atoms with Crippen LogP contribution in [-0.4, -0.2) is 64.5 Å². The van der Waals surface area contributed by atoms with Crippen molar-refractivity contribution in [2.45, 2.75) is 18.9 Å². The number of aromatic nitrogens is 2. The number of methoxy groups -OCH3 is 1. The molecule has 0 saturated carbocycles. The summed E-state index contributed by atoms with van der Waals surface area (Å²) in [5.41, 5.74) is 2.12. The molecule has 4 aromatic rings. The number of amides is 3. The Bertz CT molecular complexity index is 1760. The minimum atomic E-state index is -1.16. The van der Waals surface area contributed by atoms with Gasteiger partial charge in [0.25, 0.3) is 5.91 Å². The number of ether oxygens (including phenoxy) is 2. The van der Waals surface area contributed by atoms with Crippen LogP contribution in [-0.2, 0) is 9.53 Å². The summed E-state index contributed by atoms with van der Waals surface area (Å²) in [4.78, 5) is 43.2. The largest absolute Gasteiger partial charge is 0.467 e. The first-order valence-electron chi connectivity index (χ1n) is 13.3. The van der Waals surface area contributed by atoms with E-state index in [9.17, 15) is 24.8 Å². The van der Waals surface area contributed by atoms with E-state index in [1.54, 1.807) is 48.5 Å². The molecule has 224 valence electrons. The van der Waals surface area contributed by atoms with E-state index in [1.807, 2.05) is 0 Å². The van der Waals surface area contributed by atoms with Crippen LogP contribution in [0.15, 0.2) is 65.3 Å². The Morgan fingerprint density at radius 2 is 2.00 bits per heavy atom. The van der Waals surface area contributed by atoms with E-state index in [-0.39, 0.29) is 30.5 Å². The first-order valence-corrected chi connectivity index (χ1v) is 13.7. The van der Waals surface area contributed by atoms with Crippen LogP contribution in [0.4, 0.5) is 16.3 Å². The van der Waals surface area contributed by atoms with Crippen LogP contribution in [0.25, 0.3) is 22.4 Å². The Balaban J connectivity index is 1.59. The van der Waals surface area contributed by atoms with Gasteiger partial charge in [-0.05, 0) is 54.8 Å². The summed E-state index contributed by atoms with van der Waals surface area (Å²) in [6.45, 7) is 0.204. The SMILES string of the molecule is COCOc1cc(Cl)ccc1-c1cc(-c2cccc(NC(=O)[C@H]3CCCN3C(=O)O)c2)c(C#N)c(NC(=O)c2ccno2)n1. The first-order chi connectivity index (χ1) is 21.3. The normalized spacial score (nSPS) is 14.1. The molecule has 14 heteroatoms. The average Bonchev–Trinajstić information content (AvgIpc) is 3.73. The van der Waals surface area contributed by atoms with E-state index in [0.717, 1.165) is 4.90 Å². The number of nitriles is 1. The molecule has 3 amide bonds. The number of nitrogens with zero attached hydrogens (tertiary/aromatic N) is 4. The van der Waals surface area contributed by atoms with Gasteiger partial charge in [0.1, 0.15) is 23.4 Å². The quantitative estimate of drug-likeness (QED) is 0.210. The van der Waals surface area contributed by atoms with Crippen molar-refractivity contribution in [3.63, 3.8) is 0 Å². The van der Waals surface area contributed by atoms with Gasteiger partial charge in [0.15, 0.2) is 12.6 Å². The lowest BCUT2D eigenvalue weighted by Gasteiger charge is -2.21. The molecule has 0 bridgehead atoms. The predicted octanol–water partition coefficient (Wildman–Crippen LogP) is 5.24. The highest BCUT2D eigenvalue weighted by Crippen LogP contribution is 2.38. The highest BCUT2D eigenvalue weighted by atomic mass is 35.5. The van der Waals surface area contributed by atoms with Crippen LogP contribution in [0.2, 0.25) is 5.02 Å². The Kier molecular flexibility index (Phi) is 9.03. The van der Waals surface area contributed by atoms with Crippen LogP contribution >= 0.6 is 11.6 Å². The lowest BCUT2D eigenvalue weighted by atomic mass is 9.97. The predicted molar refractivity (Wildman–Crippen MR) is 158 cm³/mol. The molecule has 0 unspecified atom stereocenters. The molecule has 1 aliphatic rings. The van der Waals surface area contributed by atoms with Crippen molar-refractivity contribution in [2.24, 2.45) is 0 Å². The Morgan fingerprint density at radius 1 is 1.16 bits per heavy atom. The standard InChI is InChI=1S/C30H25ClN6O7/c1-42-16-43-26-13-18(31)7-8-20(26)23-14-21(22(15-32)27(35-23)36-29(39)25-9-10-33-44-25)17-4-2-5-19(12-17)34-28(38)24-6-3-11-37(24)30(40)41/h2,4-5,7-10,12-14,24H,3,6,11,16H2,1H3,(H,34,38)(H,40,41)(H,35,36,39)/t24-/m1/s1. The van der Waals surface area contributed by atoms with Crippen LogP contribution in [0.3, 0.4) is 0 Å². The summed E-state index contributed by atoms with van der Waals surface area (Å²) in [6, 6.07) is 15.9. The number of anilines is 2. The van der Waals surface area contributed by atoms with Crippen LogP contribution in [0.1, 0.15) is 29.0 Å². The molecule has 3 N–H and O–H groups in total. The number of carbonyl (C=O) groups is 3. The van der Waals surface area contributed by atoms with Crippen molar-refractivity contribution in [1.82, 2.24) is 15.0 Å². The van der Waals surface area contributed by atoms with Gasteiger partial charge in [0.2, 0.25) is 11.7 Å². The molecule has 0 aliphatic carbocycles. The molecular weight excluding hydrogens is 592 g/mol. The highest BCUT2D eigenvalue weighted by molar-refractivity contribution is 6.30. The van der Waals surface area contributed by atoms with E-state index in [0.29, 0.717) is 51.7 Å². The van der Waals surface area contributed by atoms with Crippen molar-refractivity contribution in [1.29, 1.82) is 5.26 Å². The fraction of sp³-hybridized carbons (Fsp3) is 0.200. The second-order valence-corrected chi connectivity index (χ2v) is 10.1. The van der Waals surface area contributed by atoms with Gasteiger partial charge in [0, 0.05) is 41.6 Å². The highest BCUT2D eigenvalue weighted by Gasteiger charge is 2.34. The summed E-state index contributed by atoms with van der Waals surface area (Å²) < 4.78 is 15.7. The Labute approximate surface area is 255 Å². The number of likely N-dealkylation sites (tertiary alicyclic amines) is 1. The molecule has 0 spiro atoms. The smallest absolute Gasteiger partial charge is 0.407 e.